The molecule has 0 aliphatic heterocycles. The van der Waals surface area contributed by atoms with Gasteiger partial charge in [0.1, 0.15) is 5.75 Å². The standard InChI is InChI=1S/C15H22N2O4/c1-17(2)10-9-16-14(18)8-11-21-13-6-4-12(5-7-13)15(19)20-3/h4-7H,8-11H2,1-3H3,(H,16,18). The maximum absolute atomic E-state index is 11.5. The molecule has 6 heteroatoms. The van der Waals surface area contributed by atoms with Crippen LogP contribution in [0.1, 0.15) is 16.8 Å². The van der Waals surface area contributed by atoms with Crippen LogP contribution in [0.2, 0.25) is 0 Å². The van der Waals surface area contributed by atoms with Crippen molar-refractivity contribution in [3.05, 3.63) is 29.8 Å². The number of benzene rings is 1. The predicted octanol–water partition coefficient (Wildman–Crippen LogP) is 0.920. The van der Waals surface area contributed by atoms with Crippen molar-refractivity contribution >= 4 is 11.9 Å². The highest BCUT2D eigenvalue weighted by molar-refractivity contribution is 5.89. The zero-order valence-electron chi connectivity index (χ0n) is 12.7. The first kappa shape index (κ1) is 17.0. The molecule has 0 spiro atoms. The number of likely N-dealkylation sites (N-methyl/N-ethyl adjacent to an activating group) is 1. The van der Waals surface area contributed by atoms with Crippen LogP contribution in [0.4, 0.5) is 0 Å². The number of methoxy groups -OCH3 is 1. The Balaban J connectivity index is 2.26. The van der Waals surface area contributed by atoms with E-state index in [1.165, 1.54) is 7.11 Å². The number of rotatable bonds is 8. The number of carbonyl (C=O) groups is 2. The maximum atomic E-state index is 11.5. The molecule has 0 unspecified atom stereocenters. The number of ether oxygens (including phenoxy) is 2. The summed E-state index contributed by atoms with van der Waals surface area (Å²) in [7, 11) is 5.24. The minimum Gasteiger partial charge on any atom is -0.493 e. The van der Waals surface area contributed by atoms with Gasteiger partial charge in [0.25, 0.3) is 0 Å². The number of carbonyl (C=O) groups excluding carboxylic acids is 2. The fraction of sp³-hybridized carbons (Fsp3) is 0.467. The molecule has 1 amide bonds. The Labute approximate surface area is 125 Å². The minimum atomic E-state index is -0.387. The van der Waals surface area contributed by atoms with E-state index in [2.05, 4.69) is 10.1 Å². The van der Waals surface area contributed by atoms with E-state index >= 15 is 0 Å². The average molecular weight is 294 g/mol. The third kappa shape index (κ3) is 6.76. The van der Waals surface area contributed by atoms with Gasteiger partial charge in [-0.2, -0.15) is 0 Å². The highest BCUT2D eigenvalue weighted by atomic mass is 16.5. The first-order valence-corrected chi connectivity index (χ1v) is 6.75. The third-order valence-electron chi connectivity index (χ3n) is 2.75. The van der Waals surface area contributed by atoms with Crippen LogP contribution in [0.3, 0.4) is 0 Å². The van der Waals surface area contributed by atoms with Gasteiger partial charge in [0, 0.05) is 13.1 Å². The Kier molecular flexibility index (Phi) is 7.25. The number of nitrogens with zero attached hydrogens (tertiary/aromatic N) is 1. The summed E-state index contributed by atoms with van der Waals surface area (Å²) in [6.45, 7) is 1.73. The lowest BCUT2D eigenvalue weighted by molar-refractivity contribution is -0.121. The van der Waals surface area contributed by atoms with Gasteiger partial charge in [0.2, 0.25) is 5.91 Å². The smallest absolute Gasteiger partial charge is 0.337 e. The third-order valence-corrected chi connectivity index (χ3v) is 2.75. The van der Waals surface area contributed by atoms with Crippen LogP contribution in [0.25, 0.3) is 0 Å². The van der Waals surface area contributed by atoms with E-state index < -0.39 is 0 Å². The van der Waals surface area contributed by atoms with Crippen molar-refractivity contribution in [2.24, 2.45) is 0 Å². The summed E-state index contributed by atoms with van der Waals surface area (Å²) in [6, 6.07) is 6.60. The summed E-state index contributed by atoms with van der Waals surface area (Å²) in [6.07, 6.45) is 0.298. The lowest BCUT2D eigenvalue weighted by Crippen LogP contribution is -2.32. The molecule has 0 aliphatic rings. The topological polar surface area (TPSA) is 67.9 Å². The van der Waals surface area contributed by atoms with Gasteiger partial charge in [-0.1, -0.05) is 0 Å². The van der Waals surface area contributed by atoms with Gasteiger partial charge in [-0.15, -0.1) is 0 Å². The van der Waals surface area contributed by atoms with Crippen molar-refractivity contribution in [2.45, 2.75) is 6.42 Å². The normalized spacial score (nSPS) is 10.3. The van der Waals surface area contributed by atoms with Crippen molar-refractivity contribution in [1.29, 1.82) is 0 Å². The van der Waals surface area contributed by atoms with Crippen molar-refractivity contribution in [2.75, 3.05) is 40.9 Å². The molecule has 6 nitrogen and oxygen atoms in total. The Hall–Kier alpha value is -2.08. The van der Waals surface area contributed by atoms with E-state index in [1.54, 1.807) is 24.3 Å². The molecule has 0 atom stereocenters. The molecule has 0 saturated carbocycles. The van der Waals surface area contributed by atoms with Gasteiger partial charge >= 0.3 is 5.97 Å². The summed E-state index contributed by atoms with van der Waals surface area (Å²) in [5.74, 6) is 0.189. The Morgan fingerprint density at radius 1 is 1.19 bits per heavy atom. The fourth-order valence-electron chi connectivity index (χ4n) is 1.57. The molecule has 0 aliphatic carbocycles. The molecule has 1 aromatic rings. The summed E-state index contributed by atoms with van der Waals surface area (Å²) < 4.78 is 10.1. The van der Waals surface area contributed by atoms with E-state index in [1.807, 2.05) is 19.0 Å². The van der Waals surface area contributed by atoms with Crippen molar-refractivity contribution < 1.29 is 19.1 Å². The van der Waals surface area contributed by atoms with Crippen LogP contribution in [-0.4, -0.2) is 57.7 Å². The molecular formula is C15H22N2O4. The molecule has 0 bridgehead atoms. The van der Waals surface area contributed by atoms with Crippen LogP contribution in [-0.2, 0) is 9.53 Å². The van der Waals surface area contributed by atoms with Gasteiger partial charge in [-0.05, 0) is 38.4 Å². The second-order valence-electron chi connectivity index (χ2n) is 4.77. The summed E-state index contributed by atoms with van der Waals surface area (Å²) in [4.78, 5) is 24.8. The zero-order valence-corrected chi connectivity index (χ0v) is 12.7. The minimum absolute atomic E-state index is 0.0389. The van der Waals surface area contributed by atoms with Crippen LogP contribution >= 0.6 is 0 Å². The molecule has 1 N–H and O–H groups in total. The lowest BCUT2D eigenvalue weighted by atomic mass is 10.2. The molecule has 0 heterocycles. The van der Waals surface area contributed by atoms with Gasteiger partial charge < -0.3 is 19.7 Å². The lowest BCUT2D eigenvalue weighted by Gasteiger charge is -2.11. The molecule has 1 rings (SSSR count). The average Bonchev–Trinajstić information content (AvgIpc) is 2.46. The number of hydrogen-bond donors (Lipinski definition) is 1. The number of hydrogen-bond acceptors (Lipinski definition) is 5. The van der Waals surface area contributed by atoms with Gasteiger partial charge in [0.05, 0.1) is 25.7 Å². The molecular weight excluding hydrogens is 272 g/mol. The predicted molar refractivity (Wildman–Crippen MR) is 79.5 cm³/mol. The number of amides is 1. The van der Waals surface area contributed by atoms with Crippen LogP contribution < -0.4 is 10.1 Å². The van der Waals surface area contributed by atoms with Gasteiger partial charge in [-0.25, -0.2) is 4.79 Å². The summed E-state index contributed by atoms with van der Waals surface area (Å²) in [5, 5.41) is 2.81. The molecule has 0 radical (unpaired) electrons. The van der Waals surface area contributed by atoms with E-state index in [9.17, 15) is 9.59 Å². The first-order chi connectivity index (χ1) is 10.0. The van der Waals surface area contributed by atoms with E-state index in [4.69, 9.17) is 4.74 Å². The molecule has 116 valence electrons. The molecule has 0 saturated heterocycles. The molecule has 1 aromatic carbocycles. The Bertz CT molecular complexity index is 457. The van der Waals surface area contributed by atoms with Gasteiger partial charge in [-0.3, -0.25) is 4.79 Å². The summed E-state index contributed by atoms with van der Waals surface area (Å²) >= 11 is 0. The highest BCUT2D eigenvalue weighted by Gasteiger charge is 2.05. The van der Waals surface area contributed by atoms with E-state index in [0.717, 1.165) is 6.54 Å². The fourth-order valence-corrected chi connectivity index (χ4v) is 1.57. The van der Waals surface area contributed by atoms with E-state index in [-0.39, 0.29) is 11.9 Å². The first-order valence-electron chi connectivity index (χ1n) is 6.75. The quantitative estimate of drug-likeness (QED) is 0.722. The van der Waals surface area contributed by atoms with Gasteiger partial charge in [0.15, 0.2) is 0 Å². The zero-order chi connectivity index (χ0) is 15.7. The van der Waals surface area contributed by atoms with Crippen LogP contribution in [0, 0.1) is 0 Å². The Morgan fingerprint density at radius 3 is 2.43 bits per heavy atom. The number of esters is 1. The monoisotopic (exact) mass is 294 g/mol. The maximum Gasteiger partial charge on any atom is 0.337 e. The second-order valence-corrected chi connectivity index (χ2v) is 4.77. The van der Waals surface area contributed by atoms with Crippen LogP contribution in [0.5, 0.6) is 5.75 Å². The molecule has 0 aromatic heterocycles. The largest absolute Gasteiger partial charge is 0.493 e. The van der Waals surface area contributed by atoms with Crippen molar-refractivity contribution in [3.63, 3.8) is 0 Å². The molecule has 21 heavy (non-hydrogen) atoms. The SMILES string of the molecule is COC(=O)c1ccc(OCCC(=O)NCCN(C)C)cc1. The number of nitrogens with one attached hydrogen (secondary N) is 1. The van der Waals surface area contributed by atoms with Crippen LogP contribution in [0.15, 0.2) is 24.3 Å². The van der Waals surface area contributed by atoms with Crippen molar-refractivity contribution in [1.82, 2.24) is 10.2 Å². The highest BCUT2D eigenvalue weighted by Crippen LogP contribution is 2.12. The second kappa shape index (κ2) is 8.97. The molecule has 0 fully saturated rings. The van der Waals surface area contributed by atoms with Crippen molar-refractivity contribution in [3.8, 4) is 5.75 Å². The van der Waals surface area contributed by atoms with E-state index in [0.29, 0.717) is 30.9 Å². The summed E-state index contributed by atoms with van der Waals surface area (Å²) in [5.41, 5.74) is 0.464. The Morgan fingerprint density at radius 2 is 1.86 bits per heavy atom.